The van der Waals surface area contributed by atoms with E-state index in [1.807, 2.05) is 19.9 Å². The predicted octanol–water partition coefficient (Wildman–Crippen LogP) is 1.09. The Morgan fingerprint density at radius 3 is 2.43 bits per heavy atom. The number of fused-ring (bicyclic) bond motifs is 1. The maximum absolute atomic E-state index is 12.3. The third kappa shape index (κ3) is 3.00. The van der Waals surface area contributed by atoms with Gasteiger partial charge < -0.3 is 0 Å². The second-order valence-corrected chi connectivity index (χ2v) is 5.00. The molecule has 0 aliphatic rings. The van der Waals surface area contributed by atoms with Crippen molar-refractivity contribution in [2.75, 3.05) is 5.43 Å². The lowest BCUT2D eigenvalue weighted by Gasteiger charge is -2.09. The van der Waals surface area contributed by atoms with E-state index in [4.69, 9.17) is 0 Å². The van der Waals surface area contributed by atoms with Gasteiger partial charge in [-0.25, -0.2) is 15.1 Å². The molecule has 0 unspecified atom stereocenters. The first-order valence-electron chi connectivity index (χ1n) is 6.90. The summed E-state index contributed by atoms with van der Waals surface area (Å²) in [7, 11) is 0. The van der Waals surface area contributed by atoms with Crippen molar-refractivity contribution in [3.05, 3.63) is 57.8 Å². The van der Waals surface area contributed by atoms with Crippen LogP contribution in [0, 0.1) is 13.8 Å². The van der Waals surface area contributed by atoms with Crippen LogP contribution < -0.4 is 16.4 Å². The molecule has 0 saturated heterocycles. The summed E-state index contributed by atoms with van der Waals surface area (Å²) in [6.45, 7) is 3.66. The zero-order valence-corrected chi connectivity index (χ0v) is 12.5. The number of anilines is 1. The molecule has 0 fully saturated rings. The Kier molecular flexibility index (Phi) is 3.71. The van der Waals surface area contributed by atoms with Gasteiger partial charge in [0, 0.05) is 16.8 Å². The molecule has 1 amide bonds. The molecule has 0 bridgehead atoms. The van der Waals surface area contributed by atoms with Crippen molar-refractivity contribution in [1.29, 1.82) is 0 Å². The van der Waals surface area contributed by atoms with Crippen LogP contribution >= 0.6 is 0 Å². The second kappa shape index (κ2) is 5.84. The molecule has 0 saturated carbocycles. The number of hydrazine groups is 1. The number of hydrogen-bond acceptors (Lipinski definition) is 6. The van der Waals surface area contributed by atoms with E-state index in [0.717, 1.165) is 11.4 Å². The third-order valence-corrected chi connectivity index (χ3v) is 3.18. The molecule has 0 aliphatic carbocycles. The largest absolute Gasteiger partial charge is 0.290 e. The fraction of sp³-hybridized carbons (Fsp3) is 0.133. The van der Waals surface area contributed by atoms with Crippen molar-refractivity contribution in [2.24, 2.45) is 0 Å². The lowest BCUT2D eigenvalue weighted by atomic mass is 10.1. The predicted molar refractivity (Wildman–Crippen MR) is 85.0 cm³/mol. The van der Waals surface area contributed by atoms with Gasteiger partial charge >= 0.3 is 0 Å². The highest BCUT2D eigenvalue weighted by Crippen LogP contribution is 2.12. The fourth-order valence-corrected chi connectivity index (χ4v) is 2.24. The van der Waals surface area contributed by atoms with Gasteiger partial charge in [0.25, 0.3) is 11.5 Å². The standard InChI is InChI=1S/C15H14N6O2/c1-8-7-9(2)17-15(16-8)21-20-14(23)12-10-5-3-4-6-11(10)13(22)19-18-12/h3-7H,1-2H3,(H,19,22)(H,20,23)(H,16,17,21). The summed E-state index contributed by atoms with van der Waals surface area (Å²) in [5.74, 6) is -0.218. The van der Waals surface area contributed by atoms with Crippen LogP contribution in [0.15, 0.2) is 35.1 Å². The topological polar surface area (TPSA) is 113 Å². The van der Waals surface area contributed by atoms with E-state index in [1.165, 1.54) is 0 Å². The van der Waals surface area contributed by atoms with Gasteiger partial charge in [-0.15, -0.1) is 0 Å². The highest BCUT2D eigenvalue weighted by Gasteiger charge is 2.14. The first kappa shape index (κ1) is 14.6. The number of aryl methyl sites for hydroxylation is 2. The molecule has 8 heteroatoms. The van der Waals surface area contributed by atoms with Crippen LogP contribution in [0.3, 0.4) is 0 Å². The van der Waals surface area contributed by atoms with E-state index < -0.39 is 5.91 Å². The van der Waals surface area contributed by atoms with Crippen molar-refractivity contribution in [3.63, 3.8) is 0 Å². The first-order chi connectivity index (χ1) is 11.0. The van der Waals surface area contributed by atoms with Crippen LogP contribution in [0.2, 0.25) is 0 Å². The summed E-state index contributed by atoms with van der Waals surface area (Å²) in [6, 6.07) is 8.58. The van der Waals surface area contributed by atoms with Crippen LogP contribution in [-0.2, 0) is 0 Å². The van der Waals surface area contributed by atoms with Crippen molar-refractivity contribution in [3.8, 4) is 0 Å². The van der Waals surface area contributed by atoms with Crippen LogP contribution in [0.25, 0.3) is 10.8 Å². The Hall–Kier alpha value is -3.29. The number of benzene rings is 1. The molecule has 3 aromatic rings. The highest BCUT2D eigenvalue weighted by atomic mass is 16.2. The van der Waals surface area contributed by atoms with Crippen molar-refractivity contribution in [2.45, 2.75) is 13.8 Å². The molecule has 0 radical (unpaired) electrons. The van der Waals surface area contributed by atoms with Crippen LogP contribution in [0.1, 0.15) is 21.9 Å². The molecule has 0 aliphatic heterocycles. The SMILES string of the molecule is Cc1cc(C)nc(NNC(=O)c2n[nH]c(=O)c3ccccc23)n1. The Balaban J connectivity index is 1.87. The summed E-state index contributed by atoms with van der Waals surface area (Å²) >= 11 is 0. The maximum atomic E-state index is 12.3. The Morgan fingerprint density at radius 1 is 1.09 bits per heavy atom. The molecular weight excluding hydrogens is 296 g/mol. The van der Waals surface area contributed by atoms with Crippen molar-refractivity contribution in [1.82, 2.24) is 25.6 Å². The van der Waals surface area contributed by atoms with E-state index in [1.54, 1.807) is 24.3 Å². The number of nitrogens with one attached hydrogen (secondary N) is 3. The number of nitrogens with zero attached hydrogens (tertiary/aromatic N) is 3. The van der Waals surface area contributed by atoms with Gasteiger partial charge in [0.15, 0.2) is 5.69 Å². The molecule has 1 aromatic carbocycles. The van der Waals surface area contributed by atoms with Crippen molar-refractivity contribution < 1.29 is 4.79 Å². The first-order valence-corrected chi connectivity index (χ1v) is 6.90. The summed E-state index contributed by atoms with van der Waals surface area (Å²) < 4.78 is 0. The molecule has 2 heterocycles. The molecular formula is C15H14N6O2. The van der Waals surface area contributed by atoms with Crippen LogP contribution in [-0.4, -0.2) is 26.1 Å². The molecule has 3 rings (SSSR count). The second-order valence-electron chi connectivity index (χ2n) is 5.00. The van der Waals surface area contributed by atoms with Gasteiger partial charge in [0.2, 0.25) is 5.95 Å². The average Bonchev–Trinajstić information content (AvgIpc) is 2.52. The molecule has 0 atom stereocenters. The quantitative estimate of drug-likeness (QED) is 0.624. The lowest BCUT2D eigenvalue weighted by Crippen LogP contribution is -2.32. The smallest absolute Gasteiger partial charge is 0.267 e. The number of carbonyl (C=O) groups is 1. The molecule has 2 aromatic heterocycles. The molecule has 0 spiro atoms. The van der Waals surface area contributed by atoms with Crippen molar-refractivity contribution >= 4 is 22.6 Å². The number of H-pyrrole nitrogens is 1. The number of aromatic nitrogens is 4. The number of aromatic amines is 1. The van der Waals surface area contributed by atoms with Gasteiger partial charge in [-0.2, -0.15) is 5.10 Å². The van der Waals surface area contributed by atoms with E-state index in [-0.39, 0.29) is 17.2 Å². The third-order valence-electron chi connectivity index (χ3n) is 3.18. The normalized spacial score (nSPS) is 10.5. The van der Waals surface area contributed by atoms with Gasteiger partial charge in [-0.1, -0.05) is 18.2 Å². The highest BCUT2D eigenvalue weighted by molar-refractivity contribution is 6.04. The molecule has 3 N–H and O–H groups in total. The number of hydrogen-bond donors (Lipinski definition) is 3. The average molecular weight is 310 g/mol. The monoisotopic (exact) mass is 310 g/mol. The van der Waals surface area contributed by atoms with E-state index in [2.05, 4.69) is 31.0 Å². The Morgan fingerprint density at radius 2 is 1.74 bits per heavy atom. The van der Waals surface area contributed by atoms with Gasteiger partial charge in [-0.3, -0.25) is 20.4 Å². The molecule has 8 nitrogen and oxygen atoms in total. The summed E-state index contributed by atoms with van der Waals surface area (Å²) in [4.78, 5) is 32.3. The minimum absolute atomic E-state index is 0.108. The minimum atomic E-state index is -0.500. The van der Waals surface area contributed by atoms with E-state index in [0.29, 0.717) is 10.8 Å². The zero-order chi connectivity index (χ0) is 16.4. The zero-order valence-electron chi connectivity index (χ0n) is 12.5. The number of rotatable bonds is 3. The van der Waals surface area contributed by atoms with Gasteiger partial charge in [0.05, 0.1) is 5.39 Å². The molecule has 116 valence electrons. The number of amides is 1. The van der Waals surface area contributed by atoms with Gasteiger partial charge in [0.1, 0.15) is 0 Å². The lowest BCUT2D eigenvalue weighted by molar-refractivity contribution is 0.0958. The van der Waals surface area contributed by atoms with Gasteiger partial charge in [-0.05, 0) is 26.0 Å². The Labute approximate surface area is 131 Å². The summed E-state index contributed by atoms with van der Waals surface area (Å²) in [6.07, 6.45) is 0. The Bertz CT molecular complexity index is 930. The fourth-order valence-electron chi connectivity index (χ4n) is 2.24. The molecule has 23 heavy (non-hydrogen) atoms. The minimum Gasteiger partial charge on any atom is -0.267 e. The van der Waals surface area contributed by atoms with E-state index >= 15 is 0 Å². The van der Waals surface area contributed by atoms with Crippen LogP contribution in [0.5, 0.6) is 0 Å². The number of carbonyl (C=O) groups excluding carboxylic acids is 1. The van der Waals surface area contributed by atoms with E-state index in [9.17, 15) is 9.59 Å². The maximum Gasteiger partial charge on any atom is 0.290 e. The van der Waals surface area contributed by atoms with Crippen LogP contribution in [0.4, 0.5) is 5.95 Å². The summed E-state index contributed by atoms with van der Waals surface area (Å²) in [5, 5.41) is 7.01. The summed E-state index contributed by atoms with van der Waals surface area (Å²) in [5.41, 5.74) is 6.46.